The highest BCUT2D eigenvalue weighted by Gasteiger charge is 2.38. The van der Waals surface area contributed by atoms with Crippen molar-refractivity contribution in [1.29, 1.82) is 0 Å². The van der Waals surface area contributed by atoms with Gasteiger partial charge in [-0.2, -0.15) is 11.8 Å². The third kappa shape index (κ3) is 5.44. The molecule has 0 spiro atoms. The summed E-state index contributed by atoms with van der Waals surface area (Å²) in [5.74, 6) is -0.121. The number of rotatable bonds is 10. The van der Waals surface area contributed by atoms with Gasteiger partial charge in [0.1, 0.15) is 6.04 Å². The Balaban J connectivity index is 4.72. The van der Waals surface area contributed by atoms with Gasteiger partial charge in [0.25, 0.3) is 0 Å². The maximum absolute atomic E-state index is 11.2. The molecular weight excluding hydrogens is 238 g/mol. The van der Waals surface area contributed by atoms with Gasteiger partial charge in [-0.15, -0.1) is 0 Å². The van der Waals surface area contributed by atoms with E-state index in [1.165, 1.54) is 0 Å². The normalized spacial score (nSPS) is 15.9. The number of unbranched alkanes of at least 4 members (excludes halogenated alkanes) is 2. The van der Waals surface area contributed by atoms with Crippen LogP contribution in [-0.2, 0) is 9.59 Å². The van der Waals surface area contributed by atoms with E-state index in [4.69, 9.17) is 0 Å². The molecule has 2 atom stereocenters. The van der Waals surface area contributed by atoms with Crippen LogP contribution in [0.3, 0.4) is 0 Å². The monoisotopic (exact) mass is 261 g/mol. The van der Waals surface area contributed by atoms with Gasteiger partial charge in [-0.3, -0.25) is 4.79 Å². The predicted octanol–water partition coefficient (Wildman–Crippen LogP) is 2.28. The fraction of sp³-hybridized carbons (Fsp3) is 0.833. The molecule has 4 nitrogen and oxygen atoms in total. The second-order valence-corrected chi connectivity index (χ2v) is 6.06. The molecule has 0 aromatic heterocycles. The SMILES string of the molecule is CCCCCC(C)(SCC)C(NC=O)C(=O)O. The fourth-order valence-electron chi connectivity index (χ4n) is 1.93. The molecule has 0 aliphatic heterocycles. The molecule has 5 heteroatoms. The first kappa shape index (κ1) is 16.3. The number of thioether (sulfide) groups is 1. The second kappa shape index (κ2) is 8.39. The molecule has 0 rings (SSSR count). The molecule has 100 valence electrons. The molecule has 17 heavy (non-hydrogen) atoms. The molecule has 2 unspecified atom stereocenters. The second-order valence-electron chi connectivity index (χ2n) is 4.26. The van der Waals surface area contributed by atoms with Gasteiger partial charge in [0, 0.05) is 4.75 Å². The van der Waals surface area contributed by atoms with E-state index in [9.17, 15) is 14.7 Å². The van der Waals surface area contributed by atoms with Crippen LogP contribution in [0.2, 0.25) is 0 Å². The van der Waals surface area contributed by atoms with Crippen LogP contribution in [0.4, 0.5) is 0 Å². The van der Waals surface area contributed by atoms with Gasteiger partial charge < -0.3 is 10.4 Å². The van der Waals surface area contributed by atoms with Crippen LogP contribution < -0.4 is 5.32 Å². The van der Waals surface area contributed by atoms with E-state index < -0.39 is 16.8 Å². The summed E-state index contributed by atoms with van der Waals surface area (Å²) in [6.45, 7) is 6.04. The van der Waals surface area contributed by atoms with Crippen LogP contribution in [0.5, 0.6) is 0 Å². The molecule has 0 bridgehead atoms. The molecule has 0 radical (unpaired) electrons. The molecular formula is C12H23NO3S. The lowest BCUT2D eigenvalue weighted by atomic mass is 9.94. The quantitative estimate of drug-likeness (QED) is 0.468. The third-order valence-electron chi connectivity index (χ3n) is 2.84. The minimum absolute atomic E-state index is 0.434. The summed E-state index contributed by atoms with van der Waals surface area (Å²) >= 11 is 1.60. The molecule has 0 saturated heterocycles. The first-order valence-corrected chi connectivity index (χ1v) is 7.06. The average molecular weight is 261 g/mol. The molecule has 0 fully saturated rings. The van der Waals surface area contributed by atoms with E-state index in [-0.39, 0.29) is 0 Å². The van der Waals surface area contributed by atoms with Gasteiger partial charge in [-0.05, 0) is 19.1 Å². The Morgan fingerprint density at radius 3 is 2.53 bits per heavy atom. The van der Waals surface area contributed by atoms with Crippen molar-refractivity contribution >= 4 is 24.1 Å². The Morgan fingerprint density at radius 2 is 2.12 bits per heavy atom. The lowest BCUT2D eigenvalue weighted by Gasteiger charge is -2.34. The number of amides is 1. The molecule has 0 aromatic carbocycles. The fourth-order valence-corrected chi connectivity index (χ4v) is 3.22. The van der Waals surface area contributed by atoms with Gasteiger partial charge in [-0.1, -0.05) is 33.1 Å². The van der Waals surface area contributed by atoms with Crippen LogP contribution in [0.15, 0.2) is 0 Å². The van der Waals surface area contributed by atoms with Crippen LogP contribution in [-0.4, -0.2) is 34.0 Å². The van der Waals surface area contributed by atoms with Crippen molar-refractivity contribution < 1.29 is 14.7 Å². The highest BCUT2D eigenvalue weighted by molar-refractivity contribution is 8.00. The molecule has 0 aliphatic carbocycles. The molecule has 0 saturated carbocycles. The van der Waals surface area contributed by atoms with Crippen molar-refractivity contribution in [2.45, 2.75) is 57.2 Å². The first-order valence-electron chi connectivity index (χ1n) is 6.08. The smallest absolute Gasteiger partial charge is 0.327 e. The van der Waals surface area contributed by atoms with E-state index in [0.717, 1.165) is 31.4 Å². The molecule has 0 aliphatic rings. The predicted molar refractivity (Wildman–Crippen MR) is 71.3 cm³/mol. The minimum atomic E-state index is -0.961. The van der Waals surface area contributed by atoms with Crippen molar-refractivity contribution in [2.24, 2.45) is 0 Å². The minimum Gasteiger partial charge on any atom is -0.480 e. The summed E-state index contributed by atoms with van der Waals surface area (Å²) < 4.78 is -0.434. The number of carbonyl (C=O) groups excluding carboxylic acids is 1. The van der Waals surface area contributed by atoms with Gasteiger partial charge in [-0.25, -0.2) is 4.79 Å². The zero-order chi connectivity index (χ0) is 13.3. The highest BCUT2D eigenvalue weighted by Crippen LogP contribution is 2.34. The largest absolute Gasteiger partial charge is 0.480 e. The molecule has 2 N–H and O–H groups in total. The van der Waals surface area contributed by atoms with E-state index in [0.29, 0.717) is 6.41 Å². The summed E-state index contributed by atoms with van der Waals surface area (Å²) in [6, 6.07) is -0.818. The maximum atomic E-state index is 11.2. The number of hydrogen-bond donors (Lipinski definition) is 2. The van der Waals surface area contributed by atoms with Gasteiger partial charge in [0.2, 0.25) is 6.41 Å². The van der Waals surface area contributed by atoms with Crippen molar-refractivity contribution in [3.05, 3.63) is 0 Å². The Labute approximate surface area is 108 Å². The standard InChI is InChI=1S/C12H23NO3S/c1-4-6-7-8-12(3,17-5-2)10(11(15)16)13-9-14/h9-10H,4-8H2,1-3H3,(H,13,14)(H,15,16). The topological polar surface area (TPSA) is 66.4 Å². The Bertz CT molecular complexity index is 248. The maximum Gasteiger partial charge on any atom is 0.327 e. The Hall–Kier alpha value is -0.710. The zero-order valence-corrected chi connectivity index (χ0v) is 11.7. The van der Waals surface area contributed by atoms with Crippen molar-refractivity contribution in [1.82, 2.24) is 5.32 Å². The van der Waals surface area contributed by atoms with Gasteiger partial charge in [0.05, 0.1) is 0 Å². The van der Waals surface area contributed by atoms with Gasteiger partial charge >= 0.3 is 5.97 Å². The molecule has 0 aromatic rings. The summed E-state index contributed by atoms with van der Waals surface area (Å²) in [4.78, 5) is 21.7. The van der Waals surface area contributed by atoms with E-state index in [2.05, 4.69) is 12.2 Å². The van der Waals surface area contributed by atoms with Crippen molar-refractivity contribution in [3.63, 3.8) is 0 Å². The van der Waals surface area contributed by atoms with Crippen LogP contribution >= 0.6 is 11.8 Å². The summed E-state index contributed by atoms with van der Waals surface area (Å²) in [5.41, 5.74) is 0. The number of aliphatic carboxylic acids is 1. The molecule has 0 heterocycles. The van der Waals surface area contributed by atoms with E-state index in [1.54, 1.807) is 11.8 Å². The Morgan fingerprint density at radius 1 is 1.47 bits per heavy atom. The third-order valence-corrected chi connectivity index (χ3v) is 4.23. The molecule has 1 amide bonds. The summed E-state index contributed by atoms with van der Waals surface area (Å²) in [7, 11) is 0. The first-order chi connectivity index (χ1) is 8.01. The van der Waals surface area contributed by atoms with Crippen molar-refractivity contribution in [2.75, 3.05) is 5.75 Å². The summed E-state index contributed by atoms with van der Waals surface area (Å²) in [5, 5.41) is 11.6. The van der Waals surface area contributed by atoms with Crippen LogP contribution in [0, 0.1) is 0 Å². The van der Waals surface area contributed by atoms with Crippen LogP contribution in [0.25, 0.3) is 0 Å². The van der Waals surface area contributed by atoms with E-state index >= 15 is 0 Å². The number of nitrogens with one attached hydrogen (secondary N) is 1. The van der Waals surface area contributed by atoms with E-state index in [1.807, 2.05) is 13.8 Å². The number of carboxylic acid groups (broad SMARTS) is 1. The average Bonchev–Trinajstić information content (AvgIpc) is 2.26. The number of hydrogen-bond acceptors (Lipinski definition) is 3. The number of carbonyl (C=O) groups is 2. The van der Waals surface area contributed by atoms with Crippen molar-refractivity contribution in [3.8, 4) is 0 Å². The lowest BCUT2D eigenvalue weighted by Crippen LogP contribution is -2.51. The highest BCUT2D eigenvalue weighted by atomic mass is 32.2. The van der Waals surface area contributed by atoms with Crippen LogP contribution in [0.1, 0.15) is 46.5 Å². The lowest BCUT2D eigenvalue weighted by molar-refractivity contribution is -0.141. The zero-order valence-electron chi connectivity index (χ0n) is 10.9. The Kier molecular flexibility index (Phi) is 8.04. The van der Waals surface area contributed by atoms with Gasteiger partial charge in [0.15, 0.2) is 0 Å². The number of carboxylic acids is 1. The summed E-state index contributed by atoms with van der Waals surface area (Å²) in [6.07, 6.45) is 4.47.